The van der Waals surface area contributed by atoms with Crippen molar-refractivity contribution >= 4 is 17.3 Å². The van der Waals surface area contributed by atoms with E-state index in [1.165, 1.54) is 12.3 Å². The molecule has 128 valence electrons. The quantitative estimate of drug-likeness (QED) is 0.737. The van der Waals surface area contributed by atoms with Crippen molar-refractivity contribution in [2.45, 2.75) is 6.54 Å². The lowest BCUT2D eigenvalue weighted by atomic mass is 10.2. The van der Waals surface area contributed by atoms with Crippen molar-refractivity contribution in [3.63, 3.8) is 0 Å². The van der Waals surface area contributed by atoms with E-state index in [-0.39, 0.29) is 24.0 Å². The molecule has 5 nitrogen and oxygen atoms in total. The molecule has 26 heavy (non-hydrogen) atoms. The van der Waals surface area contributed by atoms with Gasteiger partial charge in [0, 0.05) is 17.8 Å². The second kappa shape index (κ2) is 7.90. The maximum absolute atomic E-state index is 13.6. The van der Waals surface area contributed by atoms with Gasteiger partial charge >= 0.3 is 0 Å². The molecule has 1 aromatic heterocycles. The highest BCUT2D eigenvalue weighted by atomic mass is 19.1. The number of carbonyl (C=O) groups excluding carboxylic acids is 1. The van der Waals surface area contributed by atoms with Crippen LogP contribution in [0.15, 0.2) is 66.9 Å². The predicted octanol–water partition coefficient (Wildman–Crippen LogP) is 3.77. The Bertz CT molecular complexity index is 964. The van der Waals surface area contributed by atoms with Crippen LogP contribution in [0.5, 0.6) is 0 Å². The number of pyridine rings is 1. The smallest absolute Gasteiger partial charge is 0.270 e. The summed E-state index contributed by atoms with van der Waals surface area (Å²) < 4.78 is 13.6. The van der Waals surface area contributed by atoms with Gasteiger partial charge in [0.05, 0.1) is 23.5 Å². The van der Waals surface area contributed by atoms with Crippen molar-refractivity contribution in [2.75, 3.05) is 5.32 Å². The molecular weight excluding hydrogens is 331 g/mol. The van der Waals surface area contributed by atoms with E-state index in [0.717, 1.165) is 5.69 Å². The van der Waals surface area contributed by atoms with Crippen LogP contribution < -0.4 is 10.6 Å². The van der Waals surface area contributed by atoms with E-state index in [4.69, 9.17) is 5.26 Å². The Labute approximate surface area is 150 Å². The molecule has 0 aliphatic heterocycles. The van der Waals surface area contributed by atoms with Crippen LogP contribution in [0.3, 0.4) is 0 Å². The van der Waals surface area contributed by atoms with Crippen molar-refractivity contribution in [3.05, 3.63) is 89.5 Å². The topological polar surface area (TPSA) is 77.8 Å². The third-order valence-electron chi connectivity index (χ3n) is 3.67. The van der Waals surface area contributed by atoms with E-state index >= 15 is 0 Å². The van der Waals surface area contributed by atoms with Gasteiger partial charge < -0.3 is 10.6 Å². The van der Waals surface area contributed by atoms with Crippen molar-refractivity contribution in [2.24, 2.45) is 0 Å². The number of anilines is 2. The third kappa shape index (κ3) is 4.22. The lowest BCUT2D eigenvalue weighted by Gasteiger charge is -2.08. The highest BCUT2D eigenvalue weighted by Crippen LogP contribution is 2.17. The molecule has 3 rings (SSSR count). The average Bonchev–Trinajstić information content (AvgIpc) is 2.68. The van der Waals surface area contributed by atoms with Gasteiger partial charge in [0.15, 0.2) is 0 Å². The summed E-state index contributed by atoms with van der Waals surface area (Å²) in [5.41, 5.74) is 2.63. The Hall–Kier alpha value is -3.72. The van der Waals surface area contributed by atoms with Crippen molar-refractivity contribution < 1.29 is 9.18 Å². The van der Waals surface area contributed by atoms with Gasteiger partial charge in [0.25, 0.3) is 5.91 Å². The summed E-state index contributed by atoms with van der Waals surface area (Å²) in [7, 11) is 0. The summed E-state index contributed by atoms with van der Waals surface area (Å²) in [6, 6.07) is 18.7. The van der Waals surface area contributed by atoms with Crippen molar-refractivity contribution in [3.8, 4) is 6.07 Å². The van der Waals surface area contributed by atoms with Crippen LogP contribution in [0.2, 0.25) is 0 Å². The van der Waals surface area contributed by atoms with Crippen LogP contribution in [0.1, 0.15) is 21.6 Å². The number of benzene rings is 2. The van der Waals surface area contributed by atoms with Gasteiger partial charge in [0.2, 0.25) is 0 Å². The number of aromatic nitrogens is 1. The summed E-state index contributed by atoms with van der Waals surface area (Å²) in [6.07, 6.45) is 1.52. The molecule has 2 N–H and O–H groups in total. The van der Waals surface area contributed by atoms with Gasteiger partial charge in [-0.2, -0.15) is 5.26 Å². The lowest BCUT2D eigenvalue weighted by Crippen LogP contribution is -2.24. The minimum atomic E-state index is -0.383. The van der Waals surface area contributed by atoms with Gasteiger partial charge in [0.1, 0.15) is 11.5 Å². The van der Waals surface area contributed by atoms with E-state index in [1.54, 1.807) is 48.5 Å². The first-order valence-electron chi connectivity index (χ1n) is 7.90. The second-order valence-corrected chi connectivity index (χ2v) is 5.52. The van der Waals surface area contributed by atoms with E-state index in [9.17, 15) is 9.18 Å². The fourth-order valence-corrected chi connectivity index (χ4v) is 2.34. The van der Waals surface area contributed by atoms with Gasteiger partial charge in [-0.3, -0.25) is 4.79 Å². The zero-order valence-corrected chi connectivity index (χ0v) is 13.7. The molecule has 0 fully saturated rings. The van der Waals surface area contributed by atoms with Crippen LogP contribution >= 0.6 is 0 Å². The van der Waals surface area contributed by atoms with Crippen molar-refractivity contribution in [1.29, 1.82) is 5.26 Å². The Morgan fingerprint density at radius 3 is 2.65 bits per heavy atom. The number of nitriles is 1. The molecule has 0 unspecified atom stereocenters. The molecule has 0 bridgehead atoms. The van der Waals surface area contributed by atoms with Crippen LogP contribution in [-0.4, -0.2) is 10.9 Å². The summed E-state index contributed by atoms with van der Waals surface area (Å²) >= 11 is 0. The summed E-state index contributed by atoms with van der Waals surface area (Å²) in [6.45, 7) is 0.0914. The SMILES string of the molecule is N#Cc1cccc(Nc2ccc(C(=O)NCc3ccccc3F)nc2)c1. The largest absolute Gasteiger partial charge is 0.354 e. The van der Waals surface area contributed by atoms with E-state index in [2.05, 4.69) is 21.7 Å². The number of hydrogen-bond donors (Lipinski definition) is 2. The minimum absolute atomic E-state index is 0.0914. The van der Waals surface area contributed by atoms with E-state index in [0.29, 0.717) is 16.8 Å². The summed E-state index contributed by atoms with van der Waals surface area (Å²) in [5, 5.41) is 14.7. The van der Waals surface area contributed by atoms with Gasteiger partial charge in [-0.1, -0.05) is 24.3 Å². The molecule has 0 atom stereocenters. The standard InChI is InChI=1S/C20H15FN4O/c21-18-7-2-1-5-15(18)12-24-20(26)19-9-8-17(13-23-19)25-16-6-3-4-14(10-16)11-22/h1-10,13,25H,12H2,(H,24,26). The van der Waals surface area contributed by atoms with Crippen LogP contribution in [0, 0.1) is 17.1 Å². The molecule has 6 heteroatoms. The number of nitrogens with one attached hydrogen (secondary N) is 2. The summed E-state index contributed by atoms with van der Waals surface area (Å²) in [5.74, 6) is -0.744. The fourth-order valence-electron chi connectivity index (χ4n) is 2.34. The Morgan fingerprint density at radius 1 is 1.08 bits per heavy atom. The lowest BCUT2D eigenvalue weighted by molar-refractivity contribution is 0.0945. The number of nitrogens with zero attached hydrogens (tertiary/aromatic N) is 2. The van der Waals surface area contributed by atoms with Crippen molar-refractivity contribution in [1.82, 2.24) is 10.3 Å². The molecule has 0 radical (unpaired) electrons. The number of hydrogen-bond acceptors (Lipinski definition) is 4. The first kappa shape index (κ1) is 17.1. The monoisotopic (exact) mass is 346 g/mol. The van der Waals surface area contributed by atoms with Gasteiger partial charge in [-0.05, 0) is 36.4 Å². The number of carbonyl (C=O) groups is 1. The average molecular weight is 346 g/mol. The Morgan fingerprint density at radius 2 is 1.92 bits per heavy atom. The molecule has 2 aromatic carbocycles. The van der Waals surface area contributed by atoms with E-state index < -0.39 is 0 Å². The first-order chi connectivity index (χ1) is 12.7. The van der Waals surface area contributed by atoms with Crippen LogP contribution in [-0.2, 0) is 6.54 Å². The highest BCUT2D eigenvalue weighted by Gasteiger charge is 2.08. The maximum atomic E-state index is 13.6. The second-order valence-electron chi connectivity index (χ2n) is 5.52. The number of halogens is 1. The molecule has 0 spiro atoms. The van der Waals surface area contributed by atoms with Gasteiger partial charge in [-0.25, -0.2) is 9.37 Å². The number of amides is 1. The van der Waals surface area contributed by atoms with Crippen LogP contribution in [0.4, 0.5) is 15.8 Å². The molecular formula is C20H15FN4O. The zero-order valence-electron chi connectivity index (χ0n) is 13.7. The predicted molar refractivity (Wildman–Crippen MR) is 96.2 cm³/mol. The maximum Gasteiger partial charge on any atom is 0.270 e. The third-order valence-corrected chi connectivity index (χ3v) is 3.67. The van der Waals surface area contributed by atoms with E-state index in [1.807, 2.05) is 6.07 Å². The Kier molecular flexibility index (Phi) is 5.20. The molecule has 1 amide bonds. The minimum Gasteiger partial charge on any atom is -0.354 e. The fraction of sp³-hybridized carbons (Fsp3) is 0.0500. The highest BCUT2D eigenvalue weighted by molar-refractivity contribution is 5.92. The molecule has 0 aliphatic carbocycles. The summed E-state index contributed by atoms with van der Waals surface area (Å²) in [4.78, 5) is 16.2. The zero-order chi connectivity index (χ0) is 18.4. The molecule has 0 saturated carbocycles. The van der Waals surface area contributed by atoms with Crippen LogP contribution in [0.25, 0.3) is 0 Å². The molecule has 0 aliphatic rings. The van der Waals surface area contributed by atoms with Gasteiger partial charge in [-0.15, -0.1) is 0 Å². The number of rotatable bonds is 5. The molecule has 1 heterocycles. The molecule has 3 aromatic rings. The normalized spacial score (nSPS) is 10.0. The Balaban J connectivity index is 1.62. The first-order valence-corrected chi connectivity index (χ1v) is 7.90. The molecule has 0 saturated heterocycles.